The second-order valence-electron chi connectivity index (χ2n) is 3.80. The minimum absolute atomic E-state index is 0.141. The molecule has 1 unspecified atom stereocenters. The highest BCUT2D eigenvalue weighted by atomic mass is 32.1. The summed E-state index contributed by atoms with van der Waals surface area (Å²) in [5.41, 5.74) is -0.141. The van der Waals surface area contributed by atoms with Crippen LogP contribution in [0.2, 0.25) is 0 Å². The molecule has 1 aromatic heterocycles. The third-order valence-electron chi connectivity index (χ3n) is 2.88. The lowest BCUT2D eigenvalue weighted by Gasteiger charge is -2.38. The fourth-order valence-corrected chi connectivity index (χ4v) is 2.77. The van der Waals surface area contributed by atoms with E-state index in [1.54, 1.807) is 31.6 Å². The summed E-state index contributed by atoms with van der Waals surface area (Å²) in [6, 6.07) is 0. The van der Waals surface area contributed by atoms with Gasteiger partial charge in [0, 0.05) is 13.3 Å². The topological polar surface area (TPSA) is 42.4 Å². The van der Waals surface area contributed by atoms with E-state index in [1.807, 2.05) is 0 Å². The van der Waals surface area contributed by atoms with Gasteiger partial charge in [0.2, 0.25) is 0 Å². The van der Waals surface area contributed by atoms with E-state index >= 15 is 0 Å². The lowest BCUT2D eigenvalue weighted by Crippen LogP contribution is -2.35. The third kappa shape index (κ3) is 1.47. The van der Waals surface area contributed by atoms with Crippen LogP contribution in [-0.2, 0) is 10.3 Å². The summed E-state index contributed by atoms with van der Waals surface area (Å²) in [5, 5.41) is 10.4. The quantitative estimate of drug-likeness (QED) is 0.837. The van der Waals surface area contributed by atoms with E-state index in [0.29, 0.717) is 0 Å². The number of ether oxygens (including phenoxy) is 1. The molecule has 2 rings (SSSR count). The normalized spacial score (nSPS) is 21.6. The Hall–Kier alpha value is -0.450. The molecule has 1 aliphatic rings. The molecule has 1 aliphatic carbocycles. The number of rotatable bonds is 3. The third-order valence-corrected chi connectivity index (χ3v) is 4.23. The molecular weight excluding hydrogens is 198 g/mol. The minimum Gasteiger partial charge on any atom is -0.388 e. The Morgan fingerprint density at radius 1 is 1.64 bits per heavy atom. The van der Waals surface area contributed by atoms with Crippen LogP contribution >= 0.6 is 11.3 Å². The molecular formula is C10H15NO2S. The van der Waals surface area contributed by atoms with Crippen molar-refractivity contribution in [1.29, 1.82) is 0 Å². The van der Waals surface area contributed by atoms with Crippen LogP contribution in [0.3, 0.4) is 0 Å². The maximum atomic E-state index is 9.40. The number of nitrogens with zero attached hydrogens (tertiary/aromatic N) is 1. The van der Waals surface area contributed by atoms with Crippen LogP contribution in [-0.4, -0.2) is 17.2 Å². The summed E-state index contributed by atoms with van der Waals surface area (Å²) in [6.45, 7) is 1.76. The molecule has 1 N–H and O–H groups in total. The van der Waals surface area contributed by atoms with Gasteiger partial charge in [-0.2, -0.15) is 0 Å². The van der Waals surface area contributed by atoms with Gasteiger partial charge in [-0.25, -0.2) is 4.98 Å². The van der Waals surface area contributed by atoms with E-state index in [-0.39, 0.29) is 5.60 Å². The first-order chi connectivity index (χ1) is 6.68. The van der Waals surface area contributed by atoms with Crippen LogP contribution in [0.1, 0.15) is 42.2 Å². The van der Waals surface area contributed by atoms with Crippen LogP contribution in [0, 0.1) is 0 Å². The Kier molecular flexibility index (Phi) is 2.60. The van der Waals surface area contributed by atoms with Crippen molar-refractivity contribution in [2.24, 2.45) is 0 Å². The molecule has 0 bridgehead atoms. The highest BCUT2D eigenvalue weighted by molar-refractivity contribution is 7.11. The van der Waals surface area contributed by atoms with Gasteiger partial charge in [0.05, 0.1) is 11.0 Å². The molecule has 0 aromatic carbocycles. The van der Waals surface area contributed by atoms with Gasteiger partial charge in [0.25, 0.3) is 0 Å². The maximum absolute atomic E-state index is 9.40. The molecule has 0 radical (unpaired) electrons. The summed E-state index contributed by atoms with van der Waals surface area (Å²) in [7, 11) is 1.74. The van der Waals surface area contributed by atoms with E-state index in [4.69, 9.17) is 4.74 Å². The Labute approximate surface area is 87.7 Å². The van der Waals surface area contributed by atoms with Gasteiger partial charge >= 0.3 is 0 Å². The molecule has 1 saturated carbocycles. The lowest BCUT2D eigenvalue weighted by atomic mass is 9.80. The van der Waals surface area contributed by atoms with Crippen LogP contribution in [0.25, 0.3) is 0 Å². The SMILES string of the molecule is COC1(c2ncc(C(C)O)s2)CCC1. The maximum Gasteiger partial charge on any atom is 0.125 e. The van der Waals surface area contributed by atoms with Crippen LogP contribution in [0.15, 0.2) is 6.20 Å². The van der Waals surface area contributed by atoms with Crippen molar-refractivity contribution in [3.05, 3.63) is 16.1 Å². The van der Waals surface area contributed by atoms with Crippen molar-refractivity contribution >= 4 is 11.3 Å². The lowest BCUT2D eigenvalue weighted by molar-refractivity contribution is -0.0779. The van der Waals surface area contributed by atoms with Crippen molar-refractivity contribution in [3.8, 4) is 0 Å². The zero-order valence-electron chi connectivity index (χ0n) is 8.49. The van der Waals surface area contributed by atoms with E-state index in [9.17, 15) is 5.11 Å². The number of methoxy groups -OCH3 is 1. The Bertz CT molecular complexity index is 312. The van der Waals surface area contributed by atoms with Gasteiger partial charge < -0.3 is 9.84 Å². The Morgan fingerprint density at radius 2 is 2.36 bits per heavy atom. The number of thiazole rings is 1. The zero-order valence-corrected chi connectivity index (χ0v) is 9.30. The first-order valence-electron chi connectivity index (χ1n) is 4.87. The Balaban J connectivity index is 2.23. The molecule has 0 spiro atoms. The average molecular weight is 213 g/mol. The number of aliphatic hydroxyl groups is 1. The Morgan fingerprint density at radius 3 is 2.71 bits per heavy atom. The highest BCUT2D eigenvalue weighted by Gasteiger charge is 2.41. The van der Waals surface area contributed by atoms with Gasteiger partial charge in [-0.1, -0.05) is 0 Å². The first kappa shape index (κ1) is 10.1. The van der Waals surface area contributed by atoms with E-state index in [0.717, 1.165) is 22.7 Å². The summed E-state index contributed by atoms with van der Waals surface area (Å²) in [6.07, 6.45) is 4.64. The molecule has 1 aromatic rings. The van der Waals surface area contributed by atoms with Gasteiger partial charge in [-0.15, -0.1) is 11.3 Å². The molecule has 1 heterocycles. The average Bonchev–Trinajstić information content (AvgIpc) is 2.52. The van der Waals surface area contributed by atoms with Gasteiger partial charge in [-0.05, 0) is 26.2 Å². The first-order valence-corrected chi connectivity index (χ1v) is 5.69. The second kappa shape index (κ2) is 3.61. The molecule has 14 heavy (non-hydrogen) atoms. The van der Waals surface area contributed by atoms with Crippen LogP contribution < -0.4 is 0 Å². The van der Waals surface area contributed by atoms with Crippen molar-refractivity contribution in [2.75, 3.05) is 7.11 Å². The smallest absolute Gasteiger partial charge is 0.125 e. The van der Waals surface area contributed by atoms with Gasteiger partial charge in [-0.3, -0.25) is 0 Å². The summed E-state index contributed by atoms with van der Waals surface area (Å²) in [4.78, 5) is 5.26. The van der Waals surface area contributed by atoms with E-state index < -0.39 is 6.10 Å². The summed E-state index contributed by atoms with van der Waals surface area (Å²) < 4.78 is 5.52. The summed E-state index contributed by atoms with van der Waals surface area (Å²) >= 11 is 1.56. The molecule has 3 nitrogen and oxygen atoms in total. The molecule has 0 aliphatic heterocycles. The van der Waals surface area contributed by atoms with Gasteiger partial charge in [0.1, 0.15) is 10.6 Å². The molecule has 78 valence electrons. The largest absolute Gasteiger partial charge is 0.388 e. The van der Waals surface area contributed by atoms with Crippen molar-refractivity contribution < 1.29 is 9.84 Å². The summed E-state index contributed by atoms with van der Waals surface area (Å²) in [5.74, 6) is 0. The van der Waals surface area contributed by atoms with Crippen molar-refractivity contribution in [3.63, 3.8) is 0 Å². The van der Waals surface area contributed by atoms with Crippen LogP contribution in [0.5, 0.6) is 0 Å². The number of hydrogen-bond donors (Lipinski definition) is 1. The fraction of sp³-hybridized carbons (Fsp3) is 0.700. The molecule has 4 heteroatoms. The molecule has 0 saturated heterocycles. The van der Waals surface area contributed by atoms with Crippen LogP contribution in [0.4, 0.5) is 0 Å². The molecule has 1 atom stereocenters. The molecule has 0 amide bonds. The number of aliphatic hydroxyl groups excluding tert-OH is 1. The van der Waals surface area contributed by atoms with Gasteiger partial charge in [0.15, 0.2) is 0 Å². The van der Waals surface area contributed by atoms with Crippen molar-refractivity contribution in [1.82, 2.24) is 4.98 Å². The second-order valence-corrected chi connectivity index (χ2v) is 4.86. The van der Waals surface area contributed by atoms with E-state index in [2.05, 4.69) is 4.98 Å². The minimum atomic E-state index is -0.421. The number of aromatic nitrogens is 1. The number of hydrogen-bond acceptors (Lipinski definition) is 4. The fourth-order valence-electron chi connectivity index (χ4n) is 1.69. The predicted molar refractivity (Wildman–Crippen MR) is 55.3 cm³/mol. The molecule has 1 fully saturated rings. The predicted octanol–water partition coefficient (Wildman–Crippen LogP) is 2.22. The monoisotopic (exact) mass is 213 g/mol. The standard InChI is InChI=1S/C10H15NO2S/c1-7(12)8-6-11-9(14-8)10(13-2)4-3-5-10/h6-7,12H,3-5H2,1-2H3. The zero-order chi connectivity index (χ0) is 10.2. The van der Waals surface area contributed by atoms with Crippen molar-refractivity contribution in [2.45, 2.75) is 37.9 Å². The highest BCUT2D eigenvalue weighted by Crippen LogP contribution is 2.46. The van der Waals surface area contributed by atoms with E-state index in [1.165, 1.54) is 6.42 Å².